The zero-order valence-corrected chi connectivity index (χ0v) is 26.7. The van der Waals surface area contributed by atoms with Crippen LogP contribution in [0.15, 0.2) is 103 Å². The Balaban J connectivity index is 1.35. The van der Waals surface area contributed by atoms with Crippen LogP contribution in [-0.2, 0) is 10.8 Å². The van der Waals surface area contributed by atoms with Gasteiger partial charge in [0.05, 0.1) is 29.1 Å². The zero-order chi connectivity index (χ0) is 30.8. The fraction of sp³-hybridized carbons (Fsp3) is 0.256. The molecule has 0 atom stereocenters. The number of para-hydroxylation sites is 2. The number of nitrogens with zero attached hydrogens (tertiary/aromatic N) is 4. The minimum absolute atomic E-state index is 0.0109. The molecule has 1 aliphatic rings. The van der Waals surface area contributed by atoms with Gasteiger partial charge in [-0.1, -0.05) is 71.9 Å². The molecule has 0 bridgehead atoms. The Bertz CT molecular complexity index is 2020. The molecule has 0 aliphatic carbocycles. The van der Waals surface area contributed by atoms with Crippen molar-refractivity contribution in [3.05, 3.63) is 114 Å². The van der Waals surface area contributed by atoms with E-state index in [1.165, 1.54) is 33.3 Å². The van der Waals surface area contributed by atoms with Crippen LogP contribution in [0.2, 0.25) is 0 Å². The molecule has 0 fully saturated rings. The van der Waals surface area contributed by atoms with E-state index in [2.05, 4.69) is 154 Å². The van der Waals surface area contributed by atoms with E-state index >= 15 is 0 Å². The van der Waals surface area contributed by atoms with E-state index in [9.17, 15) is 0 Å². The lowest BCUT2D eigenvalue weighted by Gasteiger charge is -2.21. The summed E-state index contributed by atoms with van der Waals surface area (Å²) in [6.45, 7) is 14.4. The first kappa shape index (κ1) is 28.0. The molecule has 0 saturated heterocycles. The van der Waals surface area contributed by atoms with Crippen molar-refractivity contribution in [1.82, 2.24) is 9.55 Å². The van der Waals surface area contributed by atoms with Gasteiger partial charge >= 0.3 is 0 Å². The molecular weight excluding hydrogens is 540 g/mol. The second-order valence-corrected chi connectivity index (χ2v) is 14.0. The highest BCUT2D eigenvalue weighted by molar-refractivity contribution is 6.11. The summed E-state index contributed by atoms with van der Waals surface area (Å²) in [5.41, 5.74) is 8.35. The molecule has 222 valence electrons. The summed E-state index contributed by atoms with van der Waals surface area (Å²) in [7, 11) is 2.13. The van der Waals surface area contributed by atoms with Crippen LogP contribution in [0.5, 0.6) is 11.5 Å². The lowest BCUT2D eigenvalue weighted by molar-refractivity contribution is 0.483. The molecule has 3 heterocycles. The summed E-state index contributed by atoms with van der Waals surface area (Å²) < 4.78 is 8.89. The molecule has 6 aromatic rings. The van der Waals surface area contributed by atoms with E-state index in [4.69, 9.17) is 9.72 Å². The van der Waals surface area contributed by atoms with Gasteiger partial charge in [0.2, 0.25) is 0 Å². The minimum atomic E-state index is -0.0167. The van der Waals surface area contributed by atoms with Gasteiger partial charge < -0.3 is 14.5 Å². The van der Waals surface area contributed by atoms with Crippen LogP contribution < -0.4 is 14.5 Å². The Morgan fingerprint density at radius 1 is 0.682 bits per heavy atom. The van der Waals surface area contributed by atoms with Gasteiger partial charge in [0.15, 0.2) is 0 Å². The topological polar surface area (TPSA) is 33.5 Å². The van der Waals surface area contributed by atoms with Crippen molar-refractivity contribution >= 4 is 38.9 Å². The van der Waals surface area contributed by atoms with Crippen LogP contribution in [0.3, 0.4) is 0 Å². The second-order valence-electron chi connectivity index (χ2n) is 14.0. The van der Waals surface area contributed by atoms with Gasteiger partial charge in [-0.05, 0) is 76.6 Å². The third kappa shape index (κ3) is 4.77. The first-order valence-corrected chi connectivity index (χ1v) is 15.4. The summed E-state index contributed by atoms with van der Waals surface area (Å²) >= 11 is 0. The predicted molar refractivity (Wildman–Crippen MR) is 184 cm³/mol. The number of hydrogen-bond acceptors (Lipinski definition) is 4. The van der Waals surface area contributed by atoms with Gasteiger partial charge in [0.1, 0.15) is 17.3 Å². The first-order chi connectivity index (χ1) is 21.0. The average Bonchev–Trinajstić information content (AvgIpc) is 3.51. The number of pyridine rings is 1. The van der Waals surface area contributed by atoms with Crippen LogP contribution in [0, 0.1) is 0 Å². The highest BCUT2D eigenvalue weighted by Gasteiger charge is 2.25. The fourth-order valence-electron chi connectivity index (χ4n) is 6.44. The maximum atomic E-state index is 6.59. The Morgan fingerprint density at radius 3 is 2.20 bits per heavy atom. The number of anilines is 3. The summed E-state index contributed by atoms with van der Waals surface area (Å²) in [6.07, 6.45) is 1.93. The van der Waals surface area contributed by atoms with E-state index in [0.29, 0.717) is 0 Å². The largest absolute Gasteiger partial charge is 0.457 e. The Kier molecular flexibility index (Phi) is 6.47. The van der Waals surface area contributed by atoms with Gasteiger partial charge in [-0.15, -0.1) is 0 Å². The number of aromatic nitrogens is 2. The molecule has 7 rings (SSSR count). The zero-order valence-electron chi connectivity index (χ0n) is 26.7. The first-order valence-electron chi connectivity index (χ1n) is 15.4. The molecule has 5 nitrogen and oxygen atoms in total. The van der Waals surface area contributed by atoms with Crippen LogP contribution in [0.25, 0.3) is 27.6 Å². The van der Waals surface area contributed by atoms with E-state index < -0.39 is 0 Å². The number of hydrogen-bond donors (Lipinski definition) is 0. The van der Waals surface area contributed by atoms with Gasteiger partial charge in [0, 0.05) is 41.8 Å². The van der Waals surface area contributed by atoms with Gasteiger partial charge in [-0.2, -0.15) is 0 Å². The molecule has 4 aromatic carbocycles. The normalized spacial score (nSPS) is 13.6. The monoisotopic (exact) mass is 580 g/mol. The van der Waals surface area contributed by atoms with Crippen molar-refractivity contribution < 1.29 is 4.74 Å². The maximum Gasteiger partial charge on any atom is 0.137 e. The quantitative estimate of drug-likeness (QED) is 0.208. The van der Waals surface area contributed by atoms with Crippen LogP contribution in [-0.4, -0.2) is 23.3 Å². The van der Waals surface area contributed by atoms with E-state index in [-0.39, 0.29) is 10.8 Å². The van der Waals surface area contributed by atoms with Gasteiger partial charge in [-0.25, -0.2) is 4.98 Å². The van der Waals surface area contributed by atoms with Crippen molar-refractivity contribution in [3.8, 4) is 17.3 Å². The molecule has 0 N–H and O–H groups in total. The highest BCUT2D eigenvalue weighted by atomic mass is 16.5. The average molecular weight is 581 g/mol. The van der Waals surface area contributed by atoms with Crippen molar-refractivity contribution in [3.63, 3.8) is 0 Å². The van der Waals surface area contributed by atoms with Gasteiger partial charge in [-0.3, -0.25) is 4.57 Å². The van der Waals surface area contributed by atoms with Crippen molar-refractivity contribution in [2.45, 2.75) is 52.4 Å². The van der Waals surface area contributed by atoms with Crippen LogP contribution >= 0.6 is 0 Å². The number of fused-ring (bicyclic) bond motifs is 4. The van der Waals surface area contributed by atoms with Crippen LogP contribution in [0.1, 0.15) is 52.7 Å². The van der Waals surface area contributed by atoms with Crippen molar-refractivity contribution in [2.24, 2.45) is 0 Å². The summed E-state index contributed by atoms with van der Waals surface area (Å²) in [5, 5.41) is 2.47. The minimum Gasteiger partial charge on any atom is -0.457 e. The summed E-state index contributed by atoms with van der Waals surface area (Å²) in [6, 6.07) is 34.4. The second kappa shape index (κ2) is 10.2. The maximum absolute atomic E-state index is 6.59. The molecule has 44 heavy (non-hydrogen) atoms. The van der Waals surface area contributed by atoms with E-state index in [1.807, 2.05) is 12.3 Å². The summed E-state index contributed by atoms with van der Waals surface area (Å²) in [5.74, 6) is 2.51. The molecule has 0 radical (unpaired) electrons. The highest BCUT2D eigenvalue weighted by Crippen LogP contribution is 2.42. The SMILES string of the molecule is CN1CN(c2cccc(Oc3ccc4c5c(C(C)(C)C)cccc5n(-c5cc(C(C)(C)C)ccn5)c4c3)c2)c2ccccc21. The fourth-order valence-corrected chi connectivity index (χ4v) is 6.44. The third-order valence-electron chi connectivity index (χ3n) is 8.71. The Labute approximate surface area is 260 Å². The molecule has 5 heteroatoms. The molecule has 0 spiro atoms. The third-order valence-corrected chi connectivity index (χ3v) is 8.71. The Hall–Kier alpha value is -4.77. The number of benzene rings is 4. The molecule has 0 amide bonds. The smallest absolute Gasteiger partial charge is 0.137 e. The van der Waals surface area contributed by atoms with Crippen molar-refractivity contribution in [1.29, 1.82) is 0 Å². The molecular formula is C39H40N4O. The molecule has 2 aromatic heterocycles. The van der Waals surface area contributed by atoms with Crippen LogP contribution in [0.4, 0.5) is 17.1 Å². The molecule has 1 aliphatic heterocycles. The van der Waals surface area contributed by atoms with E-state index in [1.54, 1.807) is 0 Å². The molecule has 0 saturated carbocycles. The lowest BCUT2D eigenvalue weighted by Crippen LogP contribution is -2.23. The van der Waals surface area contributed by atoms with E-state index in [0.717, 1.165) is 40.7 Å². The standard InChI is InChI=1S/C39H40N4O/c1-38(2,3)26-20-21-40-36(22-26)43-34-17-11-14-31(39(4,5)6)37(34)30-19-18-29(24-35(30)43)44-28-13-10-12-27(23-28)42-25-41(7)32-15-8-9-16-33(32)42/h8-24H,25H2,1-7H3. The predicted octanol–water partition coefficient (Wildman–Crippen LogP) is 10.1. The lowest BCUT2D eigenvalue weighted by atomic mass is 9.84. The number of rotatable bonds is 4. The Morgan fingerprint density at radius 2 is 1.43 bits per heavy atom. The molecule has 0 unspecified atom stereocenters. The van der Waals surface area contributed by atoms with Crippen molar-refractivity contribution in [2.75, 3.05) is 23.5 Å². The van der Waals surface area contributed by atoms with Gasteiger partial charge in [0.25, 0.3) is 0 Å². The summed E-state index contributed by atoms with van der Waals surface area (Å²) in [4.78, 5) is 9.49. The number of ether oxygens (including phenoxy) is 1.